The number of likely N-dealkylation sites (tertiary alicyclic amines) is 1. The average molecular weight is 283 g/mol. The minimum absolute atomic E-state index is 0.204. The lowest BCUT2D eigenvalue weighted by Crippen LogP contribution is -2.51. The van der Waals surface area contributed by atoms with Crippen LogP contribution >= 0.6 is 0 Å². The maximum Gasteiger partial charge on any atom is 0.105 e. The minimum Gasteiger partial charge on any atom is -0.394 e. The predicted octanol–water partition coefficient (Wildman–Crippen LogP) is -1.69. The summed E-state index contributed by atoms with van der Waals surface area (Å²) in [5, 5.41) is 48.3. The molecule has 1 saturated heterocycles. The number of aliphatic hydroxyl groups excluding tert-OH is 5. The van der Waals surface area contributed by atoms with E-state index >= 15 is 0 Å². The van der Waals surface area contributed by atoms with E-state index < -0.39 is 37.1 Å². The zero-order valence-electron chi connectivity index (χ0n) is 11.1. The van der Waals surface area contributed by atoms with Crippen LogP contribution in [-0.2, 0) is 6.54 Å². The standard InChI is InChI=1S/C14H21NO5/c16-8-11(18)14(20)12-13(19)10(17)7-15(12)6-9-4-2-1-3-5-9/h1-5,10-14,16-20H,6-8H2/t10-,11+,12+,13-,14-/m0/s1. The van der Waals surface area contributed by atoms with E-state index in [0.717, 1.165) is 5.56 Å². The summed E-state index contributed by atoms with van der Waals surface area (Å²) < 4.78 is 0. The van der Waals surface area contributed by atoms with Gasteiger partial charge in [-0.05, 0) is 5.56 Å². The van der Waals surface area contributed by atoms with Gasteiger partial charge in [0.15, 0.2) is 0 Å². The van der Waals surface area contributed by atoms with Crippen LogP contribution in [0.3, 0.4) is 0 Å². The fourth-order valence-corrected chi connectivity index (χ4v) is 2.66. The predicted molar refractivity (Wildman–Crippen MR) is 71.8 cm³/mol. The van der Waals surface area contributed by atoms with Crippen LogP contribution in [0, 0.1) is 0 Å². The monoisotopic (exact) mass is 283 g/mol. The van der Waals surface area contributed by atoms with E-state index in [-0.39, 0.29) is 6.54 Å². The highest BCUT2D eigenvalue weighted by molar-refractivity contribution is 5.15. The average Bonchev–Trinajstić information content (AvgIpc) is 2.73. The molecule has 0 radical (unpaired) electrons. The van der Waals surface area contributed by atoms with Gasteiger partial charge in [-0.15, -0.1) is 0 Å². The van der Waals surface area contributed by atoms with Gasteiger partial charge in [-0.25, -0.2) is 0 Å². The second-order valence-corrected chi connectivity index (χ2v) is 5.20. The first-order chi connectivity index (χ1) is 9.54. The number of rotatable bonds is 5. The molecular formula is C14H21NO5. The van der Waals surface area contributed by atoms with E-state index in [9.17, 15) is 20.4 Å². The van der Waals surface area contributed by atoms with Gasteiger partial charge in [0.05, 0.1) is 24.9 Å². The number of hydrogen-bond acceptors (Lipinski definition) is 6. The summed E-state index contributed by atoms with van der Waals surface area (Å²) in [6, 6.07) is 8.65. The molecule has 20 heavy (non-hydrogen) atoms. The molecule has 1 aliphatic rings. The zero-order chi connectivity index (χ0) is 14.7. The number of hydrogen-bond donors (Lipinski definition) is 5. The Hall–Kier alpha value is -1.02. The van der Waals surface area contributed by atoms with Gasteiger partial charge in [-0.3, -0.25) is 4.90 Å². The van der Waals surface area contributed by atoms with Crippen LogP contribution in [0.1, 0.15) is 5.56 Å². The molecule has 0 saturated carbocycles. The van der Waals surface area contributed by atoms with E-state index in [0.29, 0.717) is 6.54 Å². The molecule has 1 aromatic rings. The van der Waals surface area contributed by atoms with Crippen molar-refractivity contribution in [2.75, 3.05) is 13.2 Å². The molecule has 0 bridgehead atoms. The molecule has 0 aliphatic carbocycles. The lowest BCUT2D eigenvalue weighted by molar-refractivity contribution is -0.0796. The molecule has 5 atom stereocenters. The third kappa shape index (κ3) is 3.17. The molecule has 0 amide bonds. The third-order valence-electron chi connectivity index (χ3n) is 3.75. The summed E-state index contributed by atoms with van der Waals surface area (Å²) in [6.45, 7) is 0.0461. The van der Waals surface area contributed by atoms with E-state index in [2.05, 4.69) is 0 Å². The highest BCUT2D eigenvalue weighted by Gasteiger charge is 2.45. The first-order valence-corrected chi connectivity index (χ1v) is 6.65. The first-order valence-electron chi connectivity index (χ1n) is 6.65. The molecule has 1 fully saturated rings. The van der Waals surface area contributed by atoms with Gasteiger partial charge in [0, 0.05) is 13.1 Å². The maximum absolute atomic E-state index is 10.0. The summed E-state index contributed by atoms with van der Waals surface area (Å²) in [5.74, 6) is 0. The molecule has 1 heterocycles. The van der Waals surface area contributed by atoms with Gasteiger partial charge in [0.1, 0.15) is 12.2 Å². The number of benzene rings is 1. The van der Waals surface area contributed by atoms with Crippen LogP contribution in [0.4, 0.5) is 0 Å². The lowest BCUT2D eigenvalue weighted by atomic mass is 10.00. The molecule has 6 nitrogen and oxygen atoms in total. The van der Waals surface area contributed by atoms with Crippen molar-refractivity contribution >= 4 is 0 Å². The highest BCUT2D eigenvalue weighted by Crippen LogP contribution is 2.25. The summed E-state index contributed by atoms with van der Waals surface area (Å²) in [6.07, 6.45) is -4.81. The van der Waals surface area contributed by atoms with Crippen molar-refractivity contribution in [1.29, 1.82) is 0 Å². The van der Waals surface area contributed by atoms with Crippen LogP contribution in [-0.4, -0.2) is 74.0 Å². The largest absolute Gasteiger partial charge is 0.394 e. The fourth-order valence-electron chi connectivity index (χ4n) is 2.66. The number of β-amino-alcohol motifs (C(OH)–C–C–N with tert-alkyl or cyclic N) is 1. The molecule has 2 rings (SSSR count). The summed E-state index contributed by atoms with van der Waals surface area (Å²) in [7, 11) is 0. The van der Waals surface area contributed by atoms with Crippen LogP contribution in [0.15, 0.2) is 30.3 Å². The molecule has 112 valence electrons. The Kier molecular flexibility index (Phi) is 5.09. The van der Waals surface area contributed by atoms with Crippen molar-refractivity contribution in [3.8, 4) is 0 Å². The zero-order valence-corrected chi connectivity index (χ0v) is 11.1. The van der Waals surface area contributed by atoms with E-state index in [1.807, 2.05) is 30.3 Å². The molecule has 6 heteroatoms. The second kappa shape index (κ2) is 6.62. The second-order valence-electron chi connectivity index (χ2n) is 5.20. The quantitative estimate of drug-likeness (QED) is 0.441. The molecule has 5 N–H and O–H groups in total. The number of nitrogens with zero attached hydrogens (tertiary/aromatic N) is 1. The van der Waals surface area contributed by atoms with Gasteiger partial charge >= 0.3 is 0 Å². The normalized spacial score (nSPS) is 30.4. The van der Waals surface area contributed by atoms with Crippen LogP contribution in [0.25, 0.3) is 0 Å². The first kappa shape index (κ1) is 15.4. The van der Waals surface area contributed by atoms with Crippen molar-refractivity contribution < 1.29 is 25.5 Å². The van der Waals surface area contributed by atoms with Gasteiger partial charge in [-0.1, -0.05) is 30.3 Å². The van der Waals surface area contributed by atoms with Gasteiger partial charge in [0.25, 0.3) is 0 Å². The Balaban J connectivity index is 2.13. The highest BCUT2D eigenvalue weighted by atomic mass is 16.4. The lowest BCUT2D eigenvalue weighted by Gasteiger charge is -2.32. The third-order valence-corrected chi connectivity index (χ3v) is 3.75. The van der Waals surface area contributed by atoms with Crippen LogP contribution in [0.2, 0.25) is 0 Å². The van der Waals surface area contributed by atoms with Crippen LogP contribution in [0.5, 0.6) is 0 Å². The Labute approximate surface area is 117 Å². The Morgan fingerprint density at radius 3 is 2.40 bits per heavy atom. The van der Waals surface area contributed by atoms with Crippen molar-refractivity contribution in [1.82, 2.24) is 4.90 Å². The van der Waals surface area contributed by atoms with Gasteiger partial charge in [-0.2, -0.15) is 0 Å². The molecule has 0 spiro atoms. The Bertz CT molecular complexity index is 415. The molecule has 0 unspecified atom stereocenters. The number of aliphatic hydroxyl groups is 5. The molecule has 0 aromatic heterocycles. The Morgan fingerprint density at radius 1 is 1.15 bits per heavy atom. The summed E-state index contributed by atoms with van der Waals surface area (Å²) in [5.41, 5.74) is 0.976. The van der Waals surface area contributed by atoms with Crippen molar-refractivity contribution in [2.24, 2.45) is 0 Å². The van der Waals surface area contributed by atoms with Crippen molar-refractivity contribution in [2.45, 2.75) is 37.0 Å². The van der Waals surface area contributed by atoms with Crippen LogP contribution < -0.4 is 0 Å². The fraction of sp³-hybridized carbons (Fsp3) is 0.571. The van der Waals surface area contributed by atoms with Crippen molar-refractivity contribution in [3.63, 3.8) is 0 Å². The Morgan fingerprint density at radius 2 is 1.80 bits per heavy atom. The smallest absolute Gasteiger partial charge is 0.105 e. The molecule has 1 aromatic carbocycles. The maximum atomic E-state index is 10.0. The van der Waals surface area contributed by atoms with E-state index in [4.69, 9.17) is 5.11 Å². The van der Waals surface area contributed by atoms with E-state index in [1.165, 1.54) is 0 Å². The van der Waals surface area contributed by atoms with Crippen molar-refractivity contribution in [3.05, 3.63) is 35.9 Å². The van der Waals surface area contributed by atoms with Gasteiger partial charge in [0.2, 0.25) is 0 Å². The van der Waals surface area contributed by atoms with Gasteiger partial charge < -0.3 is 25.5 Å². The van der Waals surface area contributed by atoms with E-state index in [1.54, 1.807) is 4.90 Å². The molecular weight excluding hydrogens is 262 g/mol. The SMILES string of the molecule is OC[C@@H](O)[C@H](O)[C@H]1[C@@H](O)[C@@H](O)CN1Cc1ccccc1. The topological polar surface area (TPSA) is 104 Å². The summed E-state index contributed by atoms with van der Waals surface area (Å²) >= 11 is 0. The molecule has 1 aliphatic heterocycles. The summed E-state index contributed by atoms with van der Waals surface area (Å²) in [4.78, 5) is 1.72. The minimum atomic E-state index is -1.35.